The Hall–Kier alpha value is -3.47. The third-order valence-corrected chi connectivity index (χ3v) is 9.17. The number of ether oxygens (including phenoxy) is 2. The molecule has 0 saturated carbocycles. The zero-order chi connectivity index (χ0) is 31.4. The van der Waals surface area contributed by atoms with Crippen molar-refractivity contribution in [3.05, 3.63) is 82.3 Å². The second-order valence-corrected chi connectivity index (χ2v) is 13.8. The predicted octanol–water partition coefficient (Wildman–Crippen LogP) is 5.68. The van der Waals surface area contributed by atoms with Crippen LogP contribution in [0.15, 0.2) is 71.6 Å². The molecule has 0 aliphatic carbocycles. The van der Waals surface area contributed by atoms with Gasteiger partial charge in [-0.3, -0.25) is 13.9 Å². The molecule has 1 aliphatic rings. The van der Waals surface area contributed by atoms with Gasteiger partial charge in [-0.25, -0.2) is 8.42 Å². The molecule has 0 saturated heterocycles. The SMILES string of the molecule is CCC(C(=O)NC(C)(C)C)N(Cc1ccc(Cl)c(Cl)c1)C(=O)CN(c1ccc2c(c1)OCCO2)S(=O)(=O)c1ccccc1. The summed E-state index contributed by atoms with van der Waals surface area (Å²) in [4.78, 5) is 29.1. The van der Waals surface area contributed by atoms with Crippen LogP contribution < -0.4 is 19.1 Å². The molecule has 0 fully saturated rings. The molecule has 43 heavy (non-hydrogen) atoms. The largest absolute Gasteiger partial charge is 0.486 e. The standard InChI is InChI=1S/C31H35Cl2N3O6S/c1-5-26(30(38)34-31(2,3)4)35(19-21-11-13-24(32)25(33)17-21)29(37)20-36(43(39,40)23-9-7-6-8-10-23)22-12-14-27-28(18-22)42-16-15-41-27/h6-14,17-18,26H,5,15-16,19-20H2,1-4H3,(H,34,38). The summed E-state index contributed by atoms with van der Waals surface area (Å²) in [6.07, 6.45) is 0.282. The smallest absolute Gasteiger partial charge is 0.264 e. The normalized spacial score (nSPS) is 13.6. The maximum absolute atomic E-state index is 14.2. The van der Waals surface area contributed by atoms with E-state index in [1.54, 1.807) is 55.5 Å². The summed E-state index contributed by atoms with van der Waals surface area (Å²) in [5.74, 6) is -0.103. The van der Waals surface area contributed by atoms with Crippen LogP contribution in [0.4, 0.5) is 5.69 Å². The van der Waals surface area contributed by atoms with Gasteiger partial charge in [-0.15, -0.1) is 0 Å². The Labute approximate surface area is 262 Å². The lowest BCUT2D eigenvalue weighted by atomic mass is 10.1. The highest BCUT2D eigenvalue weighted by Gasteiger charge is 2.35. The first-order valence-corrected chi connectivity index (χ1v) is 16.0. The number of nitrogens with zero attached hydrogens (tertiary/aromatic N) is 2. The fraction of sp³-hybridized carbons (Fsp3) is 0.355. The Balaban J connectivity index is 1.77. The van der Waals surface area contributed by atoms with Crippen molar-refractivity contribution >= 4 is 50.7 Å². The molecular formula is C31H35Cl2N3O6S. The first-order valence-electron chi connectivity index (χ1n) is 13.8. The summed E-state index contributed by atoms with van der Waals surface area (Å²) < 4.78 is 40.4. The van der Waals surface area contributed by atoms with Crippen LogP contribution in [0.1, 0.15) is 39.7 Å². The van der Waals surface area contributed by atoms with Gasteiger partial charge in [0.05, 0.1) is 20.6 Å². The van der Waals surface area contributed by atoms with Gasteiger partial charge in [0.15, 0.2) is 11.5 Å². The number of rotatable bonds is 10. The van der Waals surface area contributed by atoms with E-state index in [0.717, 1.165) is 4.31 Å². The van der Waals surface area contributed by atoms with Gasteiger partial charge in [-0.05, 0) is 69.2 Å². The number of nitrogens with one attached hydrogen (secondary N) is 1. The van der Waals surface area contributed by atoms with Gasteiger partial charge in [0.2, 0.25) is 11.8 Å². The lowest BCUT2D eigenvalue weighted by Gasteiger charge is -2.35. The predicted molar refractivity (Wildman–Crippen MR) is 167 cm³/mol. The van der Waals surface area contributed by atoms with Crippen LogP contribution in [-0.4, -0.2) is 56.5 Å². The van der Waals surface area contributed by atoms with Gasteiger partial charge in [-0.2, -0.15) is 0 Å². The van der Waals surface area contributed by atoms with Gasteiger partial charge >= 0.3 is 0 Å². The van der Waals surface area contributed by atoms with Crippen molar-refractivity contribution in [2.24, 2.45) is 0 Å². The number of amides is 2. The van der Waals surface area contributed by atoms with Gasteiger partial charge in [0.1, 0.15) is 25.8 Å². The van der Waals surface area contributed by atoms with Crippen molar-refractivity contribution in [2.45, 2.75) is 57.1 Å². The molecule has 0 radical (unpaired) electrons. The molecule has 0 bridgehead atoms. The van der Waals surface area contributed by atoms with Crippen LogP contribution in [0.3, 0.4) is 0 Å². The minimum absolute atomic E-state index is 0.00578. The van der Waals surface area contributed by atoms with Crippen LogP contribution in [-0.2, 0) is 26.2 Å². The number of fused-ring (bicyclic) bond motifs is 1. The summed E-state index contributed by atoms with van der Waals surface area (Å²) in [6.45, 7) is 7.41. The Morgan fingerprint density at radius 3 is 2.23 bits per heavy atom. The van der Waals surface area contributed by atoms with E-state index >= 15 is 0 Å². The molecule has 1 aliphatic heterocycles. The molecular weight excluding hydrogens is 613 g/mol. The fourth-order valence-electron chi connectivity index (χ4n) is 4.64. The average molecular weight is 649 g/mol. The highest BCUT2D eigenvalue weighted by Crippen LogP contribution is 2.36. The zero-order valence-corrected chi connectivity index (χ0v) is 26.8. The van der Waals surface area contributed by atoms with E-state index in [-0.39, 0.29) is 29.5 Å². The number of halogens is 2. The van der Waals surface area contributed by atoms with E-state index in [4.69, 9.17) is 32.7 Å². The molecule has 2 amide bonds. The minimum Gasteiger partial charge on any atom is -0.486 e. The highest BCUT2D eigenvalue weighted by molar-refractivity contribution is 7.92. The number of carbonyl (C=O) groups is 2. The molecule has 0 spiro atoms. The van der Waals surface area contributed by atoms with Crippen LogP contribution in [0, 0.1) is 0 Å². The maximum atomic E-state index is 14.2. The monoisotopic (exact) mass is 647 g/mol. The number of sulfonamides is 1. The van der Waals surface area contributed by atoms with Gasteiger partial charge in [0, 0.05) is 18.2 Å². The lowest BCUT2D eigenvalue weighted by molar-refractivity contribution is -0.141. The van der Waals surface area contributed by atoms with Crippen molar-refractivity contribution < 1.29 is 27.5 Å². The van der Waals surface area contributed by atoms with Crippen molar-refractivity contribution in [1.82, 2.24) is 10.2 Å². The van der Waals surface area contributed by atoms with Crippen molar-refractivity contribution in [3.63, 3.8) is 0 Å². The van der Waals surface area contributed by atoms with Gasteiger partial charge < -0.3 is 19.7 Å². The number of hydrogen-bond donors (Lipinski definition) is 1. The van der Waals surface area contributed by atoms with Gasteiger partial charge in [0.25, 0.3) is 10.0 Å². The molecule has 4 rings (SSSR count). The Morgan fingerprint density at radius 2 is 1.60 bits per heavy atom. The van der Waals surface area contributed by atoms with Gasteiger partial charge in [-0.1, -0.05) is 54.4 Å². The summed E-state index contributed by atoms with van der Waals surface area (Å²) in [5, 5.41) is 3.59. The van der Waals surface area contributed by atoms with Crippen molar-refractivity contribution in [3.8, 4) is 11.5 Å². The molecule has 3 aromatic carbocycles. The van der Waals surface area contributed by atoms with E-state index in [9.17, 15) is 18.0 Å². The number of hydrogen-bond acceptors (Lipinski definition) is 6. The molecule has 1 N–H and O–H groups in total. The molecule has 9 nitrogen and oxygen atoms in total. The van der Waals surface area contributed by atoms with Crippen LogP contribution >= 0.6 is 23.2 Å². The third kappa shape index (κ3) is 7.93. The van der Waals surface area contributed by atoms with Crippen LogP contribution in [0.5, 0.6) is 11.5 Å². The topological polar surface area (TPSA) is 105 Å². The first-order chi connectivity index (χ1) is 20.3. The molecule has 12 heteroatoms. The zero-order valence-electron chi connectivity index (χ0n) is 24.5. The second-order valence-electron chi connectivity index (χ2n) is 11.1. The Morgan fingerprint density at radius 1 is 0.930 bits per heavy atom. The lowest BCUT2D eigenvalue weighted by Crippen LogP contribution is -2.55. The second kappa shape index (κ2) is 13.4. The third-order valence-electron chi connectivity index (χ3n) is 6.64. The fourth-order valence-corrected chi connectivity index (χ4v) is 6.39. The van der Waals surface area contributed by atoms with E-state index in [1.807, 2.05) is 20.8 Å². The highest BCUT2D eigenvalue weighted by atomic mass is 35.5. The summed E-state index contributed by atoms with van der Waals surface area (Å²) in [6, 6.07) is 16.6. The molecule has 1 unspecified atom stereocenters. The van der Waals surface area contributed by atoms with Crippen molar-refractivity contribution in [1.29, 1.82) is 0 Å². The molecule has 230 valence electrons. The van der Waals surface area contributed by atoms with E-state index in [0.29, 0.717) is 40.3 Å². The molecule has 1 atom stereocenters. The van der Waals surface area contributed by atoms with Crippen LogP contribution in [0.2, 0.25) is 10.0 Å². The molecule has 1 heterocycles. The van der Waals surface area contributed by atoms with E-state index in [1.165, 1.54) is 23.1 Å². The van der Waals surface area contributed by atoms with E-state index in [2.05, 4.69) is 5.32 Å². The molecule has 0 aromatic heterocycles. The summed E-state index contributed by atoms with van der Waals surface area (Å²) in [7, 11) is -4.23. The average Bonchev–Trinajstić information content (AvgIpc) is 2.96. The maximum Gasteiger partial charge on any atom is 0.264 e. The number of benzene rings is 3. The Bertz CT molecular complexity index is 1580. The summed E-state index contributed by atoms with van der Waals surface area (Å²) >= 11 is 12.4. The number of anilines is 1. The molecule has 3 aromatic rings. The Kier molecular flexibility index (Phi) is 10.1. The minimum atomic E-state index is -4.23. The number of carbonyl (C=O) groups excluding carboxylic acids is 2. The van der Waals surface area contributed by atoms with E-state index < -0.39 is 34.1 Å². The first kappa shape index (κ1) is 32.4. The quantitative estimate of drug-likeness (QED) is 0.303. The van der Waals surface area contributed by atoms with Crippen LogP contribution in [0.25, 0.3) is 0 Å². The van der Waals surface area contributed by atoms with Crippen molar-refractivity contribution in [2.75, 3.05) is 24.1 Å². The summed E-state index contributed by atoms with van der Waals surface area (Å²) in [5.41, 5.74) is 0.279.